The predicted molar refractivity (Wildman–Crippen MR) is 93.0 cm³/mol. The van der Waals surface area contributed by atoms with Crippen molar-refractivity contribution in [3.05, 3.63) is 35.9 Å². The summed E-state index contributed by atoms with van der Waals surface area (Å²) in [5, 5.41) is 9.32. The minimum Gasteiger partial charge on any atom is -0.395 e. The van der Waals surface area contributed by atoms with E-state index >= 15 is 0 Å². The lowest BCUT2D eigenvalue weighted by atomic mass is 10.1. The third-order valence-electron chi connectivity index (χ3n) is 3.91. The summed E-state index contributed by atoms with van der Waals surface area (Å²) in [5.41, 5.74) is 1.29. The van der Waals surface area contributed by atoms with Gasteiger partial charge < -0.3 is 9.84 Å². The number of unbranched alkanes of at least 4 members (excludes halogenated alkanes) is 3. The largest absolute Gasteiger partial charge is 0.395 e. The van der Waals surface area contributed by atoms with E-state index < -0.39 is 0 Å². The van der Waals surface area contributed by atoms with E-state index in [4.69, 9.17) is 4.74 Å². The van der Waals surface area contributed by atoms with Crippen molar-refractivity contribution >= 4 is 0 Å². The Kier molecular flexibility index (Phi) is 11.0. The quantitative estimate of drug-likeness (QED) is 0.562. The van der Waals surface area contributed by atoms with Gasteiger partial charge in [0.05, 0.1) is 12.7 Å². The fourth-order valence-corrected chi connectivity index (χ4v) is 2.77. The van der Waals surface area contributed by atoms with Crippen molar-refractivity contribution in [3.63, 3.8) is 0 Å². The number of aliphatic hydroxyl groups is 1. The van der Waals surface area contributed by atoms with Gasteiger partial charge in [0.2, 0.25) is 0 Å². The summed E-state index contributed by atoms with van der Waals surface area (Å²) >= 11 is 0. The van der Waals surface area contributed by atoms with Crippen LogP contribution in [0.25, 0.3) is 0 Å². The fourth-order valence-electron chi connectivity index (χ4n) is 2.77. The summed E-state index contributed by atoms with van der Waals surface area (Å²) in [4.78, 5) is 2.30. The average molecular weight is 307 g/mol. The molecule has 0 aliphatic heterocycles. The summed E-state index contributed by atoms with van der Waals surface area (Å²) < 4.78 is 5.91. The first-order valence-corrected chi connectivity index (χ1v) is 8.78. The molecule has 0 aliphatic carbocycles. The van der Waals surface area contributed by atoms with Gasteiger partial charge in [0, 0.05) is 26.2 Å². The molecule has 3 heteroatoms. The first-order valence-electron chi connectivity index (χ1n) is 8.78. The lowest BCUT2D eigenvalue weighted by Gasteiger charge is -2.27. The first-order chi connectivity index (χ1) is 10.8. The molecule has 1 N–H and O–H groups in total. The summed E-state index contributed by atoms with van der Waals surface area (Å²) in [7, 11) is 0. The van der Waals surface area contributed by atoms with Gasteiger partial charge in [-0.2, -0.15) is 0 Å². The lowest BCUT2D eigenvalue weighted by Crippen LogP contribution is -2.35. The Morgan fingerprint density at radius 1 is 1.09 bits per heavy atom. The second-order valence-electron chi connectivity index (χ2n) is 5.87. The number of ether oxygens (including phenoxy) is 1. The molecule has 0 fully saturated rings. The highest BCUT2D eigenvalue weighted by atomic mass is 16.5. The summed E-state index contributed by atoms with van der Waals surface area (Å²) in [6.45, 7) is 7.73. The van der Waals surface area contributed by atoms with Gasteiger partial charge in [-0.1, -0.05) is 62.9 Å². The molecule has 0 aromatic heterocycles. The van der Waals surface area contributed by atoms with Gasteiger partial charge in [0.1, 0.15) is 0 Å². The van der Waals surface area contributed by atoms with E-state index in [0.29, 0.717) is 6.54 Å². The van der Waals surface area contributed by atoms with E-state index in [1.54, 1.807) is 0 Å². The summed E-state index contributed by atoms with van der Waals surface area (Å²) in [5.74, 6) is 0. The maximum atomic E-state index is 9.32. The molecular weight excluding hydrogens is 274 g/mol. The summed E-state index contributed by atoms with van der Waals surface area (Å²) in [6.07, 6.45) is 6.49. The molecule has 1 aromatic carbocycles. The number of hydrogen-bond donors (Lipinski definition) is 1. The van der Waals surface area contributed by atoms with Crippen LogP contribution in [0.4, 0.5) is 0 Å². The van der Waals surface area contributed by atoms with E-state index in [1.807, 2.05) is 6.07 Å². The summed E-state index contributed by atoms with van der Waals surface area (Å²) in [6, 6.07) is 10.5. The van der Waals surface area contributed by atoms with Crippen LogP contribution in [0.15, 0.2) is 30.3 Å². The third kappa shape index (κ3) is 8.52. The number of aliphatic hydroxyl groups excluding tert-OH is 1. The molecule has 126 valence electrons. The van der Waals surface area contributed by atoms with Crippen LogP contribution in [0, 0.1) is 0 Å². The Morgan fingerprint density at radius 2 is 1.86 bits per heavy atom. The minimum absolute atomic E-state index is 0.196. The van der Waals surface area contributed by atoms with E-state index in [9.17, 15) is 5.11 Å². The topological polar surface area (TPSA) is 32.7 Å². The standard InChI is InChI=1S/C19H33NO2/c1-3-5-6-10-13-19(22-4-2)17-20(14-15-21)16-18-11-8-7-9-12-18/h7-9,11-12,19,21H,3-6,10,13-17H2,1-2H3. The number of rotatable bonds is 13. The van der Waals surface area contributed by atoms with Crippen LogP contribution in [-0.2, 0) is 11.3 Å². The van der Waals surface area contributed by atoms with Crippen molar-refractivity contribution < 1.29 is 9.84 Å². The van der Waals surface area contributed by atoms with Crippen LogP contribution in [0.3, 0.4) is 0 Å². The predicted octanol–water partition coefficient (Wildman–Crippen LogP) is 3.86. The van der Waals surface area contributed by atoms with Gasteiger partial charge in [-0.25, -0.2) is 0 Å². The Bertz CT molecular complexity index is 356. The van der Waals surface area contributed by atoms with Crippen LogP contribution < -0.4 is 0 Å². The molecule has 22 heavy (non-hydrogen) atoms. The van der Waals surface area contributed by atoms with E-state index in [1.165, 1.54) is 31.2 Å². The Balaban J connectivity index is 2.48. The minimum atomic E-state index is 0.196. The van der Waals surface area contributed by atoms with E-state index in [-0.39, 0.29) is 12.7 Å². The van der Waals surface area contributed by atoms with Crippen molar-refractivity contribution in [2.75, 3.05) is 26.3 Å². The van der Waals surface area contributed by atoms with Crippen LogP contribution >= 0.6 is 0 Å². The molecule has 0 spiro atoms. The van der Waals surface area contributed by atoms with Gasteiger partial charge in [-0.05, 0) is 18.9 Å². The Hall–Kier alpha value is -0.900. The second kappa shape index (κ2) is 12.6. The molecule has 1 unspecified atom stereocenters. The van der Waals surface area contributed by atoms with Gasteiger partial charge in [0.15, 0.2) is 0 Å². The first kappa shape index (κ1) is 19.1. The van der Waals surface area contributed by atoms with Crippen LogP contribution in [-0.4, -0.2) is 42.4 Å². The number of nitrogens with zero attached hydrogens (tertiary/aromatic N) is 1. The van der Waals surface area contributed by atoms with Gasteiger partial charge in [-0.15, -0.1) is 0 Å². The van der Waals surface area contributed by atoms with Crippen molar-refractivity contribution in [1.82, 2.24) is 4.90 Å². The molecule has 0 bridgehead atoms. The molecule has 0 saturated heterocycles. The maximum absolute atomic E-state index is 9.32. The fraction of sp³-hybridized carbons (Fsp3) is 0.684. The molecule has 0 heterocycles. The highest BCUT2D eigenvalue weighted by Gasteiger charge is 2.14. The molecule has 0 aliphatic rings. The van der Waals surface area contributed by atoms with Crippen molar-refractivity contribution in [1.29, 1.82) is 0 Å². The van der Waals surface area contributed by atoms with E-state index in [2.05, 4.69) is 43.0 Å². The number of benzene rings is 1. The molecular formula is C19H33NO2. The van der Waals surface area contributed by atoms with Crippen molar-refractivity contribution in [3.8, 4) is 0 Å². The van der Waals surface area contributed by atoms with Crippen molar-refractivity contribution in [2.45, 2.75) is 58.6 Å². The van der Waals surface area contributed by atoms with Crippen LogP contribution in [0.5, 0.6) is 0 Å². The zero-order chi connectivity index (χ0) is 16.0. The van der Waals surface area contributed by atoms with Crippen LogP contribution in [0.2, 0.25) is 0 Å². The van der Waals surface area contributed by atoms with E-state index in [0.717, 1.165) is 26.1 Å². The molecule has 0 amide bonds. The highest BCUT2D eigenvalue weighted by molar-refractivity contribution is 5.14. The smallest absolute Gasteiger partial charge is 0.0702 e. The second-order valence-corrected chi connectivity index (χ2v) is 5.87. The zero-order valence-electron chi connectivity index (χ0n) is 14.3. The Morgan fingerprint density at radius 3 is 2.50 bits per heavy atom. The maximum Gasteiger partial charge on any atom is 0.0702 e. The Labute approximate surface area is 136 Å². The lowest BCUT2D eigenvalue weighted by molar-refractivity contribution is 0.0210. The van der Waals surface area contributed by atoms with Gasteiger partial charge >= 0.3 is 0 Å². The normalized spacial score (nSPS) is 12.7. The number of hydrogen-bond acceptors (Lipinski definition) is 3. The monoisotopic (exact) mass is 307 g/mol. The molecule has 0 saturated carbocycles. The third-order valence-corrected chi connectivity index (χ3v) is 3.91. The highest BCUT2D eigenvalue weighted by Crippen LogP contribution is 2.12. The molecule has 1 aromatic rings. The van der Waals surface area contributed by atoms with Gasteiger partial charge in [0.25, 0.3) is 0 Å². The molecule has 1 rings (SSSR count). The van der Waals surface area contributed by atoms with Crippen LogP contribution in [0.1, 0.15) is 51.5 Å². The SMILES string of the molecule is CCCCCCC(CN(CCO)Cc1ccccc1)OCC. The van der Waals surface area contributed by atoms with Crippen molar-refractivity contribution in [2.24, 2.45) is 0 Å². The zero-order valence-corrected chi connectivity index (χ0v) is 14.3. The average Bonchev–Trinajstić information content (AvgIpc) is 2.53. The molecule has 1 atom stereocenters. The van der Waals surface area contributed by atoms with Gasteiger partial charge in [-0.3, -0.25) is 4.90 Å². The molecule has 3 nitrogen and oxygen atoms in total. The molecule has 0 radical (unpaired) electrons.